The summed E-state index contributed by atoms with van der Waals surface area (Å²) in [6.45, 7) is 6.19. The van der Waals surface area contributed by atoms with Gasteiger partial charge in [-0.05, 0) is 37.3 Å². The Morgan fingerprint density at radius 2 is 2.05 bits per heavy atom. The second kappa shape index (κ2) is 8.96. The number of halogens is 1. The van der Waals surface area contributed by atoms with E-state index in [1.54, 1.807) is 0 Å². The summed E-state index contributed by atoms with van der Waals surface area (Å²) in [5.74, 6) is 0.569. The molecular weight excluding hydrogens is 300 g/mol. The number of nitrogens with two attached hydrogens (primary N) is 1. The molecule has 6 heteroatoms. The van der Waals surface area contributed by atoms with Gasteiger partial charge in [-0.25, -0.2) is 4.98 Å². The fourth-order valence-electron chi connectivity index (χ4n) is 2.52. The van der Waals surface area contributed by atoms with E-state index < -0.39 is 6.04 Å². The standard InChI is InChI=1S/C16H26N4O.ClH/c1-3-12(2)15(17)16(21)19-14-8-7-13(11-18-14)20-9-5-4-6-10-20;/h7-8,11-12,15H,3-6,9-10,17H2,1-2H3,(H,18,19,21);1H. The molecule has 0 bridgehead atoms. The first-order valence-electron chi connectivity index (χ1n) is 7.89. The molecule has 0 radical (unpaired) electrons. The van der Waals surface area contributed by atoms with Gasteiger partial charge < -0.3 is 16.0 Å². The van der Waals surface area contributed by atoms with Gasteiger partial charge in [0.25, 0.3) is 0 Å². The predicted octanol–water partition coefficient (Wildman–Crippen LogP) is 2.81. The summed E-state index contributed by atoms with van der Waals surface area (Å²) in [5, 5.41) is 2.79. The molecule has 2 atom stereocenters. The van der Waals surface area contributed by atoms with Crippen molar-refractivity contribution in [1.82, 2.24) is 4.98 Å². The van der Waals surface area contributed by atoms with Crippen molar-refractivity contribution in [2.45, 2.75) is 45.6 Å². The van der Waals surface area contributed by atoms with Gasteiger partial charge in [0.2, 0.25) is 5.91 Å². The summed E-state index contributed by atoms with van der Waals surface area (Å²) in [7, 11) is 0. The molecule has 1 saturated heterocycles. The number of hydrogen-bond acceptors (Lipinski definition) is 4. The Hall–Kier alpha value is -1.33. The van der Waals surface area contributed by atoms with Gasteiger partial charge in [0.05, 0.1) is 17.9 Å². The molecule has 22 heavy (non-hydrogen) atoms. The Kier molecular flexibility index (Phi) is 7.62. The molecule has 1 amide bonds. The average molecular weight is 327 g/mol. The molecule has 2 unspecified atom stereocenters. The number of carbonyl (C=O) groups excluding carboxylic acids is 1. The summed E-state index contributed by atoms with van der Waals surface area (Å²) in [6.07, 6.45) is 6.50. The number of piperidine rings is 1. The number of pyridine rings is 1. The van der Waals surface area contributed by atoms with Crippen LogP contribution in [-0.2, 0) is 4.79 Å². The maximum Gasteiger partial charge on any atom is 0.242 e. The summed E-state index contributed by atoms with van der Waals surface area (Å²) < 4.78 is 0. The molecule has 0 aliphatic carbocycles. The summed E-state index contributed by atoms with van der Waals surface area (Å²) >= 11 is 0. The largest absolute Gasteiger partial charge is 0.370 e. The fraction of sp³-hybridized carbons (Fsp3) is 0.625. The Balaban J connectivity index is 0.00000242. The van der Waals surface area contributed by atoms with Crippen LogP contribution in [0.15, 0.2) is 18.3 Å². The maximum absolute atomic E-state index is 12.0. The van der Waals surface area contributed by atoms with Gasteiger partial charge in [0.1, 0.15) is 5.82 Å². The van der Waals surface area contributed by atoms with Crippen molar-refractivity contribution >= 4 is 29.8 Å². The lowest BCUT2D eigenvalue weighted by molar-refractivity contribution is -0.118. The van der Waals surface area contributed by atoms with Crippen molar-refractivity contribution in [2.24, 2.45) is 11.7 Å². The molecule has 5 nitrogen and oxygen atoms in total. The third-order valence-corrected chi connectivity index (χ3v) is 4.28. The van der Waals surface area contributed by atoms with Crippen LogP contribution in [0.4, 0.5) is 11.5 Å². The highest BCUT2D eigenvalue weighted by Crippen LogP contribution is 2.20. The number of nitrogens with one attached hydrogen (secondary N) is 1. The van der Waals surface area contributed by atoms with Gasteiger partial charge in [-0.1, -0.05) is 20.3 Å². The molecule has 124 valence electrons. The van der Waals surface area contributed by atoms with E-state index >= 15 is 0 Å². The normalized spacial score (nSPS) is 17.3. The lowest BCUT2D eigenvalue weighted by atomic mass is 9.99. The van der Waals surface area contributed by atoms with E-state index in [4.69, 9.17) is 5.73 Å². The highest BCUT2D eigenvalue weighted by atomic mass is 35.5. The topological polar surface area (TPSA) is 71.2 Å². The summed E-state index contributed by atoms with van der Waals surface area (Å²) in [5.41, 5.74) is 7.04. The van der Waals surface area contributed by atoms with E-state index in [1.807, 2.05) is 32.2 Å². The molecule has 1 aliphatic rings. The zero-order valence-electron chi connectivity index (χ0n) is 13.4. The van der Waals surface area contributed by atoms with Gasteiger partial charge in [-0.2, -0.15) is 0 Å². The minimum absolute atomic E-state index is 0. The first kappa shape index (κ1) is 18.7. The quantitative estimate of drug-likeness (QED) is 0.872. The number of rotatable bonds is 5. The first-order valence-corrected chi connectivity index (χ1v) is 7.89. The zero-order valence-corrected chi connectivity index (χ0v) is 14.2. The number of amides is 1. The van der Waals surface area contributed by atoms with Gasteiger partial charge in [-0.15, -0.1) is 12.4 Å². The first-order chi connectivity index (χ1) is 10.1. The Morgan fingerprint density at radius 1 is 1.36 bits per heavy atom. The molecule has 2 heterocycles. The van der Waals surface area contributed by atoms with Crippen LogP contribution < -0.4 is 16.0 Å². The highest BCUT2D eigenvalue weighted by Gasteiger charge is 2.19. The smallest absolute Gasteiger partial charge is 0.242 e. The number of hydrogen-bond donors (Lipinski definition) is 2. The number of nitrogens with zero attached hydrogens (tertiary/aromatic N) is 2. The molecule has 3 N–H and O–H groups in total. The highest BCUT2D eigenvalue weighted by molar-refractivity contribution is 5.94. The molecule has 1 aromatic rings. The molecule has 1 aromatic heterocycles. The van der Waals surface area contributed by atoms with Crippen molar-refractivity contribution in [1.29, 1.82) is 0 Å². The van der Waals surface area contributed by atoms with Crippen molar-refractivity contribution in [3.8, 4) is 0 Å². The van der Waals surface area contributed by atoms with Crippen molar-refractivity contribution in [3.63, 3.8) is 0 Å². The maximum atomic E-state index is 12.0. The number of anilines is 2. The SMILES string of the molecule is CCC(C)C(N)C(=O)Nc1ccc(N2CCCCC2)cn1.Cl. The second-order valence-corrected chi connectivity index (χ2v) is 5.85. The van der Waals surface area contributed by atoms with Gasteiger partial charge in [-0.3, -0.25) is 4.79 Å². The summed E-state index contributed by atoms with van der Waals surface area (Å²) in [4.78, 5) is 18.7. The Labute approximate surface area is 139 Å². The van der Waals surface area contributed by atoms with E-state index in [-0.39, 0.29) is 24.2 Å². The average Bonchev–Trinajstić information content (AvgIpc) is 2.54. The second-order valence-electron chi connectivity index (χ2n) is 5.85. The van der Waals surface area contributed by atoms with Gasteiger partial charge >= 0.3 is 0 Å². The van der Waals surface area contributed by atoms with Crippen LogP contribution in [0.3, 0.4) is 0 Å². The van der Waals surface area contributed by atoms with Gasteiger partial charge in [0.15, 0.2) is 0 Å². The van der Waals surface area contributed by atoms with Crippen LogP contribution in [0.1, 0.15) is 39.5 Å². The van der Waals surface area contributed by atoms with Crippen LogP contribution in [0.2, 0.25) is 0 Å². The predicted molar refractivity (Wildman–Crippen MR) is 93.6 cm³/mol. The van der Waals surface area contributed by atoms with Crippen molar-refractivity contribution < 1.29 is 4.79 Å². The minimum Gasteiger partial charge on any atom is -0.370 e. The van der Waals surface area contributed by atoms with Crippen LogP contribution >= 0.6 is 12.4 Å². The monoisotopic (exact) mass is 326 g/mol. The Morgan fingerprint density at radius 3 is 2.59 bits per heavy atom. The lowest BCUT2D eigenvalue weighted by Crippen LogP contribution is -2.40. The molecule has 1 aliphatic heterocycles. The molecule has 2 rings (SSSR count). The molecule has 0 saturated carbocycles. The number of aromatic nitrogens is 1. The minimum atomic E-state index is -0.487. The van der Waals surface area contributed by atoms with E-state index in [1.165, 1.54) is 19.3 Å². The van der Waals surface area contributed by atoms with E-state index in [0.29, 0.717) is 5.82 Å². The molecule has 1 fully saturated rings. The van der Waals surface area contributed by atoms with E-state index in [0.717, 1.165) is 25.2 Å². The van der Waals surface area contributed by atoms with Crippen LogP contribution in [0.25, 0.3) is 0 Å². The van der Waals surface area contributed by atoms with E-state index in [2.05, 4.69) is 15.2 Å². The summed E-state index contributed by atoms with van der Waals surface area (Å²) in [6, 6.07) is 3.38. The van der Waals surface area contributed by atoms with Crippen LogP contribution in [0, 0.1) is 5.92 Å². The van der Waals surface area contributed by atoms with E-state index in [9.17, 15) is 4.79 Å². The third kappa shape index (κ3) is 4.85. The van der Waals surface area contributed by atoms with Crippen LogP contribution in [-0.4, -0.2) is 30.0 Å². The lowest BCUT2D eigenvalue weighted by Gasteiger charge is -2.28. The molecule has 0 aromatic carbocycles. The third-order valence-electron chi connectivity index (χ3n) is 4.28. The van der Waals surface area contributed by atoms with Crippen LogP contribution in [0.5, 0.6) is 0 Å². The Bertz CT molecular complexity index is 460. The number of carbonyl (C=O) groups is 1. The van der Waals surface area contributed by atoms with Gasteiger partial charge in [0, 0.05) is 13.1 Å². The van der Waals surface area contributed by atoms with Crippen molar-refractivity contribution in [2.75, 3.05) is 23.3 Å². The fourth-order valence-corrected chi connectivity index (χ4v) is 2.52. The van der Waals surface area contributed by atoms with Crippen molar-refractivity contribution in [3.05, 3.63) is 18.3 Å². The molecular formula is C16H27ClN4O. The molecule has 0 spiro atoms. The zero-order chi connectivity index (χ0) is 15.2.